The third kappa shape index (κ3) is 3.58. The van der Waals surface area contributed by atoms with Crippen LogP contribution < -0.4 is 0 Å². The van der Waals surface area contributed by atoms with Crippen molar-refractivity contribution in [1.29, 1.82) is 0 Å². The molecule has 17 heavy (non-hydrogen) atoms. The van der Waals surface area contributed by atoms with Crippen molar-refractivity contribution in [2.75, 3.05) is 6.61 Å². The number of carbonyl (C=O) groups excluding carboxylic acids is 1. The number of esters is 1. The van der Waals surface area contributed by atoms with Gasteiger partial charge in [0.15, 0.2) is 0 Å². The van der Waals surface area contributed by atoms with E-state index in [1.165, 1.54) is 0 Å². The van der Waals surface area contributed by atoms with Crippen LogP contribution in [0.25, 0.3) is 0 Å². The van der Waals surface area contributed by atoms with Crippen molar-refractivity contribution in [1.82, 2.24) is 0 Å². The Morgan fingerprint density at radius 1 is 1.35 bits per heavy atom. The molecule has 0 radical (unpaired) electrons. The summed E-state index contributed by atoms with van der Waals surface area (Å²) in [6.45, 7) is 11.2. The lowest BCUT2D eigenvalue weighted by atomic mass is 9.72. The molecule has 0 aromatic heterocycles. The van der Waals surface area contributed by atoms with Gasteiger partial charge in [0, 0.05) is 5.57 Å². The van der Waals surface area contributed by atoms with Gasteiger partial charge in [-0.3, -0.25) is 4.79 Å². The van der Waals surface area contributed by atoms with Gasteiger partial charge >= 0.3 is 11.9 Å². The molecule has 1 unspecified atom stereocenters. The molecule has 0 aliphatic rings. The SMILES string of the molecule is C=C(C(=O)O)C(CC)(CC(C)C)C(=O)OCC. The van der Waals surface area contributed by atoms with Crippen LogP contribution in [0.15, 0.2) is 12.2 Å². The van der Waals surface area contributed by atoms with Crippen LogP contribution >= 0.6 is 0 Å². The normalized spacial score (nSPS) is 14.2. The summed E-state index contributed by atoms with van der Waals surface area (Å²) in [6.07, 6.45) is 0.822. The van der Waals surface area contributed by atoms with Crippen LogP contribution in [-0.2, 0) is 14.3 Å². The Morgan fingerprint density at radius 3 is 2.18 bits per heavy atom. The van der Waals surface area contributed by atoms with Gasteiger partial charge < -0.3 is 9.84 Å². The van der Waals surface area contributed by atoms with Crippen molar-refractivity contribution in [2.24, 2.45) is 11.3 Å². The fourth-order valence-corrected chi connectivity index (χ4v) is 2.00. The summed E-state index contributed by atoms with van der Waals surface area (Å²) in [5.41, 5.74) is -1.18. The van der Waals surface area contributed by atoms with Crippen LogP contribution in [0.3, 0.4) is 0 Å². The van der Waals surface area contributed by atoms with Gasteiger partial charge in [-0.1, -0.05) is 27.4 Å². The number of carbonyl (C=O) groups is 2. The molecule has 0 saturated carbocycles. The van der Waals surface area contributed by atoms with Crippen molar-refractivity contribution in [3.63, 3.8) is 0 Å². The van der Waals surface area contributed by atoms with Crippen LogP contribution in [-0.4, -0.2) is 23.7 Å². The Labute approximate surface area is 103 Å². The second-order valence-electron chi connectivity index (χ2n) is 4.54. The Kier molecular flexibility index (Phi) is 5.93. The molecule has 0 heterocycles. The first-order valence-corrected chi connectivity index (χ1v) is 5.91. The van der Waals surface area contributed by atoms with Gasteiger partial charge in [0.1, 0.15) is 0 Å². The van der Waals surface area contributed by atoms with Gasteiger partial charge in [0.25, 0.3) is 0 Å². The summed E-state index contributed by atoms with van der Waals surface area (Å²) in [7, 11) is 0. The van der Waals surface area contributed by atoms with E-state index < -0.39 is 17.4 Å². The molecule has 98 valence electrons. The summed E-state index contributed by atoms with van der Waals surface area (Å²) < 4.78 is 5.01. The third-order valence-corrected chi connectivity index (χ3v) is 2.86. The average molecular weight is 242 g/mol. The van der Waals surface area contributed by atoms with Gasteiger partial charge in [0.2, 0.25) is 0 Å². The maximum Gasteiger partial charge on any atom is 0.332 e. The zero-order valence-corrected chi connectivity index (χ0v) is 11.1. The second-order valence-corrected chi connectivity index (χ2v) is 4.54. The minimum absolute atomic E-state index is 0.0767. The van der Waals surface area contributed by atoms with Gasteiger partial charge in [-0.25, -0.2) is 4.79 Å². The fourth-order valence-electron chi connectivity index (χ4n) is 2.00. The van der Waals surface area contributed by atoms with Crippen LogP contribution in [0.1, 0.15) is 40.5 Å². The molecule has 0 aliphatic heterocycles. The lowest BCUT2D eigenvalue weighted by molar-refractivity contribution is -0.156. The highest BCUT2D eigenvalue weighted by Crippen LogP contribution is 2.38. The largest absolute Gasteiger partial charge is 0.478 e. The minimum Gasteiger partial charge on any atom is -0.478 e. The highest BCUT2D eigenvalue weighted by molar-refractivity contribution is 5.96. The van der Waals surface area contributed by atoms with Crippen molar-refractivity contribution in [2.45, 2.75) is 40.5 Å². The van der Waals surface area contributed by atoms with Crippen LogP contribution in [0.5, 0.6) is 0 Å². The standard InChI is InChI=1S/C13H22O4/c1-6-13(8-9(3)4,10(5)11(14)15)12(16)17-7-2/h9H,5-8H2,1-4H3,(H,14,15). The molecule has 1 atom stereocenters. The summed E-state index contributed by atoms with van der Waals surface area (Å²) in [5, 5.41) is 9.07. The molecule has 4 heteroatoms. The smallest absolute Gasteiger partial charge is 0.332 e. The Hall–Kier alpha value is -1.32. The summed E-state index contributed by atoms with van der Waals surface area (Å²) in [4.78, 5) is 23.1. The molecular formula is C13H22O4. The first-order valence-electron chi connectivity index (χ1n) is 5.91. The van der Waals surface area contributed by atoms with E-state index in [-0.39, 0.29) is 18.1 Å². The van der Waals surface area contributed by atoms with E-state index in [0.29, 0.717) is 12.8 Å². The maximum absolute atomic E-state index is 12.0. The molecule has 0 bridgehead atoms. The zero-order chi connectivity index (χ0) is 13.6. The molecule has 1 N–H and O–H groups in total. The van der Waals surface area contributed by atoms with Gasteiger partial charge in [-0.15, -0.1) is 0 Å². The number of aliphatic carboxylic acids is 1. The predicted molar refractivity (Wildman–Crippen MR) is 65.6 cm³/mol. The Morgan fingerprint density at radius 2 is 1.88 bits per heavy atom. The highest BCUT2D eigenvalue weighted by Gasteiger charge is 2.44. The lowest BCUT2D eigenvalue weighted by Gasteiger charge is -2.31. The van der Waals surface area contributed by atoms with Gasteiger partial charge in [-0.2, -0.15) is 0 Å². The molecule has 0 aromatic carbocycles. The van der Waals surface area contributed by atoms with Crippen molar-refractivity contribution < 1.29 is 19.4 Å². The maximum atomic E-state index is 12.0. The lowest BCUT2D eigenvalue weighted by Crippen LogP contribution is -2.38. The van der Waals surface area contributed by atoms with E-state index in [1.807, 2.05) is 13.8 Å². The molecule has 0 fully saturated rings. The molecule has 0 rings (SSSR count). The van der Waals surface area contributed by atoms with Crippen LogP contribution in [0, 0.1) is 11.3 Å². The van der Waals surface area contributed by atoms with E-state index >= 15 is 0 Å². The quantitative estimate of drug-likeness (QED) is 0.550. The number of hydrogen-bond donors (Lipinski definition) is 1. The van der Waals surface area contributed by atoms with Crippen LogP contribution in [0.2, 0.25) is 0 Å². The second kappa shape index (κ2) is 6.42. The fraction of sp³-hybridized carbons (Fsp3) is 0.692. The summed E-state index contributed by atoms with van der Waals surface area (Å²) >= 11 is 0. The number of rotatable bonds is 7. The van der Waals surface area contributed by atoms with Gasteiger partial charge in [-0.05, 0) is 25.7 Å². The molecular weight excluding hydrogens is 220 g/mol. The molecule has 0 spiro atoms. The number of carboxylic acid groups (broad SMARTS) is 1. The first-order chi connectivity index (χ1) is 7.81. The molecule has 0 amide bonds. The zero-order valence-electron chi connectivity index (χ0n) is 11.1. The van der Waals surface area contributed by atoms with Crippen molar-refractivity contribution in [3.8, 4) is 0 Å². The van der Waals surface area contributed by atoms with Crippen molar-refractivity contribution in [3.05, 3.63) is 12.2 Å². The number of carboxylic acids is 1. The molecule has 4 nitrogen and oxygen atoms in total. The minimum atomic E-state index is -1.14. The van der Waals surface area contributed by atoms with Crippen molar-refractivity contribution >= 4 is 11.9 Å². The Bertz CT molecular complexity index is 307. The number of ether oxygens (including phenoxy) is 1. The number of hydrogen-bond acceptors (Lipinski definition) is 3. The topological polar surface area (TPSA) is 63.6 Å². The Balaban J connectivity index is 5.35. The monoisotopic (exact) mass is 242 g/mol. The average Bonchev–Trinajstić information content (AvgIpc) is 2.24. The molecule has 0 saturated heterocycles. The molecule has 0 aliphatic carbocycles. The van der Waals surface area contributed by atoms with E-state index in [0.717, 1.165) is 0 Å². The van der Waals surface area contributed by atoms with E-state index in [1.54, 1.807) is 13.8 Å². The molecule has 0 aromatic rings. The summed E-state index contributed by atoms with van der Waals surface area (Å²) in [5.74, 6) is -1.43. The predicted octanol–water partition coefficient (Wildman–Crippen LogP) is 2.63. The van der Waals surface area contributed by atoms with Gasteiger partial charge in [0.05, 0.1) is 12.0 Å². The van der Waals surface area contributed by atoms with E-state index in [4.69, 9.17) is 9.84 Å². The summed E-state index contributed by atoms with van der Waals surface area (Å²) in [6, 6.07) is 0. The third-order valence-electron chi connectivity index (χ3n) is 2.86. The van der Waals surface area contributed by atoms with Crippen LogP contribution in [0.4, 0.5) is 0 Å². The van der Waals surface area contributed by atoms with E-state index in [2.05, 4.69) is 6.58 Å². The first kappa shape index (κ1) is 15.7. The van der Waals surface area contributed by atoms with E-state index in [9.17, 15) is 9.59 Å². The highest BCUT2D eigenvalue weighted by atomic mass is 16.5.